The Morgan fingerprint density at radius 3 is 2.89 bits per heavy atom. The van der Waals surface area contributed by atoms with Crippen LogP contribution in [0.15, 0.2) is 23.1 Å². The van der Waals surface area contributed by atoms with Crippen molar-refractivity contribution in [3.63, 3.8) is 0 Å². The van der Waals surface area contributed by atoms with Crippen LogP contribution in [0.3, 0.4) is 0 Å². The molecule has 2 heterocycles. The van der Waals surface area contributed by atoms with Crippen molar-refractivity contribution in [3.05, 3.63) is 32.3 Å². The van der Waals surface area contributed by atoms with Gasteiger partial charge >= 0.3 is 0 Å². The van der Waals surface area contributed by atoms with Gasteiger partial charge in [-0.1, -0.05) is 19.3 Å². The average Bonchev–Trinajstić information content (AvgIpc) is 2.79. The normalized spacial score (nSPS) is 25.8. The van der Waals surface area contributed by atoms with Gasteiger partial charge in [-0.05, 0) is 60.4 Å². The largest absolute Gasteiger partial charge is 0.370 e. The van der Waals surface area contributed by atoms with Crippen LogP contribution in [-0.2, 0) is 11.3 Å². The molecule has 1 spiro atoms. The third-order valence-electron chi connectivity index (χ3n) is 4.48. The molecule has 1 atom stereocenters. The molecule has 1 aliphatic heterocycles. The monoisotopic (exact) mass is 373 g/mol. The van der Waals surface area contributed by atoms with Crippen LogP contribution in [0, 0.1) is 3.57 Å². The van der Waals surface area contributed by atoms with Crippen LogP contribution in [0.25, 0.3) is 0 Å². The van der Waals surface area contributed by atoms with Gasteiger partial charge in [-0.15, -0.1) is 0 Å². The van der Waals surface area contributed by atoms with Crippen LogP contribution in [0.2, 0.25) is 0 Å². The maximum Gasteiger partial charge on any atom is 0.264 e. The van der Waals surface area contributed by atoms with E-state index >= 15 is 0 Å². The van der Waals surface area contributed by atoms with E-state index in [1.807, 2.05) is 18.3 Å². The van der Waals surface area contributed by atoms with Crippen molar-refractivity contribution in [1.29, 1.82) is 0 Å². The Morgan fingerprint density at radius 2 is 2.11 bits per heavy atom. The lowest BCUT2D eigenvalue weighted by molar-refractivity contribution is -0.0682. The van der Waals surface area contributed by atoms with Crippen molar-refractivity contribution in [1.82, 2.24) is 4.57 Å². The number of hydrogen-bond acceptors (Lipinski definition) is 2. The van der Waals surface area contributed by atoms with E-state index in [2.05, 4.69) is 22.6 Å². The summed E-state index contributed by atoms with van der Waals surface area (Å²) in [6.07, 6.45) is 10.7. The first kappa shape index (κ1) is 13.6. The summed E-state index contributed by atoms with van der Waals surface area (Å²) in [4.78, 5) is 12.0. The van der Waals surface area contributed by atoms with Crippen molar-refractivity contribution in [2.45, 2.75) is 63.2 Å². The van der Waals surface area contributed by atoms with Crippen LogP contribution in [0.1, 0.15) is 44.9 Å². The quantitative estimate of drug-likeness (QED) is 0.745. The van der Waals surface area contributed by atoms with Crippen LogP contribution >= 0.6 is 22.6 Å². The molecule has 1 aliphatic carbocycles. The Kier molecular flexibility index (Phi) is 3.98. The van der Waals surface area contributed by atoms with E-state index in [0.717, 1.165) is 9.99 Å². The SMILES string of the molecule is O=c1c(I)cccn1CC1CCC2(CCCCC2)O1. The van der Waals surface area contributed by atoms with Crippen molar-refractivity contribution in [2.75, 3.05) is 0 Å². The third-order valence-corrected chi connectivity index (χ3v) is 5.30. The Bertz CT molecular complexity index is 505. The van der Waals surface area contributed by atoms with Gasteiger partial charge in [0.15, 0.2) is 0 Å². The number of nitrogens with zero attached hydrogens (tertiary/aromatic N) is 1. The molecule has 1 saturated carbocycles. The van der Waals surface area contributed by atoms with Gasteiger partial charge in [-0.3, -0.25) is 4.79 Å². The molecular weight excluding hydrogens is 353 g/mol. The van der Waals surface area contributed by atoms with E-state index in [1.54, 1.807) is 4.57 Å². The van der Waals surface area contributed by atoms with Crippen molar-refractivity contribution in [3.8, 4) is 0 Å². The highest BCUT2D eigenvalue weighted by Gasteiger charge is 2.40. The van der Waals surface area contributed by atoms with Gasteiger partial charge in [0.2, 0.25) is 0 Å². The first-order valence-corrected chi connectivity index (χ1v) is 8.29. The highest BCUT2D eigenvalue weighted by molar-refractivity contribution is 14.1. The number of ether oxygens (including phenoxy) is 1. The predicted octanol–water partition coefficient (Wildman–Crippen LogP) is 3.33. The van der Waals surface area contributed by atoms with E-state index in [0.29, 0.717) is 6.54 Å². The molecule has 0 radical (unpaired) electrons. The Morgan fingerprint density at radius 1 is 1.32 bits per heavy atom. The molecule has 4 heteroatoms. The third kappa shape index (κ3) is 2.89. The zero-order valence-electron chi connectivity index (χ0n) is 11.1. The average molecular weight is 373 g/mol. The smallest absolute Gasteiger partial charge is 0.264 e. The van der Waals surface area contributed by atoms with Gasteiger partial charge in [0, 0.05) is 6.20 Å². The zero-order chi connectivity index (χ0) is 13.3. The van der Waals surface area contributed by atoms with Crippen molar-refractivity contribution < 1.29 is 4.74 Å². The Labute approximate surface area is 127 Å². The lowest BCUT2D eigenvalue weighted by atomic mass is 9.83. The fourth-order valence-electron chi connectivity index (χ4n) is 3.46. The van der Waals surface area contributed by atoms with Crippen LogP contribution < -0.4 is 5.56 Å². The molecule has 0 amide bonds. The summed E-state index contributed by atoms with van der Waals surface area (Å²) in [7, 11) is 0. The molecule has 0 bridgehead atoms. The Hall–Kier alpha value is -0.360. The van der Waals surface area contributed by atoms with Crippen LogP contribution in [0.5, 0.6) is 0 Å². The molecular formula is C15H20INO2. The lowest BCUT2D eigenvalue weighted by Crippen LogP contribution is -2.34. The van der Waals surface area contributed by atoms with Crippen LogP contribution in [-0.4, -0.2) is 16.3 Å². The van der Waals surface area contributed by atoms with Crippen LogP contribution in [0.4, 0.5) is 0 Å². The highest BCUT2D eigenvalue weighted by Crippen LogP contribution is 2.42. The summed E-state index contributed by atoms with van der Waals surface area (Å²) in [5.74, 6) is 0. The lowest BCUT2D eigenvalue weighted by Gasteiger charge is -2.33. The van der Waals surface area contributed by atoms with E-state index in [1.165, 1.54) is 38.5 Å². The minimum absolute atomic E-state index is 0.108. The fraction of sp³-hybridized carbons (Fsp3) is 0.667. The summed E-state index contributed by atoms with van der Waals surface area (Å²) in [6.45, 7) is 0.706. The summed E-state index contributed by atoms with van der Waals surface area (Å²) < 4.78 is 8.91. The van der Waals surface area contributed by atoms with Gasteiger partial charge in [0.1, 0.15) is 0 Å². The molecule has 104 valence electrons. The van der Waals surface area contributed by atoms with Crippen molar-refractivity contribution >= 4 is 22.6 Å². The number of halogens is 1. The molecule has 1 unspecified atom stereocenters. The van der Waals surface area contributed by atoms with E-state index < -0.39 is 0 Å². The second-order valence-corrected chi connectivity index (χ2v) is 7.00. The first-order valence-electron chi connectivity index (χ1n) is 7.21. The molecule has 2 fully saturated rings. The molecule has 1 aromatic heterocycles. The highest BCUT2D eigenvalue weighted by atomic mass is 127. The summed E-state index contributed by atoms with van der Waals surface area (Å²) >= 11 is 2.10. The van der Waals surface area contributed by atoms with E-state index in [9.17, 15) is 4.79 Å². The molecule has 3 nitrogen and oxygen atoms in total. The second kappa shape index (κ2) is 5.56. The summed E-state index contributed by atoms with van der Waals surface area (Å²) in [6, 6.07) is 3.80. The van der Waals surface area contributed by atoms with Gasteiger partial charge in [0.25, 0.3) is 5.56 Å². The number of hydrogen-bond donors (Lipinski definition) is 0. The standard InChI is InChI=1S/C15H20INO2/c16-13-5-4-10-17(14(13)18)11-12-6-9-15(19-12)7-2-1-3-8-15/h4-5,10,12H,1-3,6-9,11H2. The van der Waals surface area contributed by atoms with Gasteiger partial charge in [-0.25, -0.2) is 0 Å². The molecule has 2 aliphatic rings. The first-order chi connectivity index (χ1) is 9.19. The molecule has 0 N–H and O–H groups in total. The minimum atomic E-state index is 0.108. The minimum Gasteiger partial charge on any atom is -0.370 e. The zero-order valence-corrected chi connectivity index (χ0v) is 13.3. The molecule has 0 aromatic carbocycles. The topological polar surface area (TPSA) is 31.2 Å². The number of pyridine rings is 1. The second-order valence-electron chi connectivity index (χ2n) is 5.84. The van der Waals surface area contributed by atoms with Crippen molar-refractivity contribution in [2.24, 2.45) is 0 Å². The summed E-state index contributed by atoms with van der Waals surface area (Å²) in [5.41, 5.74) is 0.255. The maximum absolute atomic E-state index is 12.0. The van der Waals surface area contributed by atoms with Gasteiger partial charge in [0.05, 0.1) is 21.8 Å². The maximum atomic E-state index is 12.0. The molecule has 1 aromatic rings. The van der Waals surface area contributed by atoms with Gasteiger partial charge in [-0.2, -0.15) is 0 Å². The molecule has 3 rings (SSSR count). The summed E-state index contributed by atoms with van der Waals surface area (Å²) in [5, 5.41) is 0. The predicted molar refractivity (Wildman–Crippen MR) is 83.3 cm³/mol. The van der Waals surface area contributed by atoms with Gasteiger partial charge < -0.3 is 9.30 Å². The fourth-order valence-corrected chi connectivity index (χ4v) is 3.98. The Balaban J connectivity index is 1.69. The molecule has 1 saturated heterocycles. The molecule has 19 heavy (non-hydrogen) atoms. The number of aromatic nitrogens is 1. The van der Waals surface area contributed by atoms with E-state index in [4.69, 9.17) is 4.74 Å². The van der Waals surface area contributed by atoms with E-state index in [-0.39, 0.29) is 17.3 Å². The number of rotatable bonds is 2.